The van der Waals surface area contributed by atoms with Crippen LogP contribution >= 0.6 is 0 Å². The van der Waals surface area contributed by atoms with Gasteiger partial charge in [0.2, 0.25) is 0 Å². The fourth-order valence-corrected chi connectivity index (χ4v) is 6.60. The van der Waals surface area contributed by atoms with Crippen molar-refractivity contribution in [3.63, 3.8) is 0 Å². The minimum Gasteiger partial charge on any atom is -0.375 e. The van der Waals surface area contributed by atoms with Crippen molar-refractivity contribution in [3.8, 4) is 12.3 Å². The van der Waals surface area contributed by atoms with Gasteiger partial charge in [-0.05, 0) is 25.7 Å². The summed E-state index contributed by atoms with van der Waals surface area (Å²) in [7, 11) is 0. The lowest BCUT2D eigenvalue weighted by Crippen LogP contribution is -2.43. The molecule has 1 aliphatic heterocycles. The maximum absolute atomic E-state index is 13.0. The average molecular weight is 661 g/mol. The highest BCUT2D eigenvalue weighted by molar-refractivity contribution is 4.97. The van der Waals surface area contributed by atoms with Gasteiger partial charge in [-0.25, -0.2) is 4.79 Å². The molecule has 2 heterocycles. The molecule has 6 unspecified atom stereocenters. The molecule has 1 aromatic heterocycles. The van der Waals surface area contributed by atoms with E-state index in [1.54, 1.807) is 0 Å². The molecule has 0 spiro atoms. The van der Waals surface area contributed by atoms with Gasteiger partial charge in [-0.3, -0.25) is 14.3 Å². The highest BCUT2D eigenvalue weighted by atomic mass is 16.6. The monoisotopic (exact) mass is 661 g/mol. The van der Waals surface area contributed by atoms with Crippen molar-refractivity contribution in [2.45, 2.75) is 199 Å². The Kier molecular flexibility index (Phi) is 22.8. The van der Waals surface area contributed by atoms with Crippen molar-refractivity contribution >= 4 is 0 Å². The number of ether oxygens (including phenoxy) is 4. The van der Waals surface area contributed by atoms with Crippen LogP contribution in [0.15, 0.2) is 21.9 Å². The van der Waals surface area contributed by atoms with Gasteiger partial charge in [-0.1, -0.05) is 143 Å². The zero-order valence-corrected chi connectivity index (χ0v) is 30.4. The van der Waals surface area contributed by atoms with Gasteiger partial charge in [-0.2, -0.15) is 0 Å². The summed E-state index contributed by atoms with van der Waals surface area (Å²) in [6, 6.07) is 1.33. The van der Waals surface area contributed by atoms with Crippen molar-refractivity contribution in [1.82, 2.24) is 9.55 Å². The van der Waals surface area contributed by atoms with Crippen molar-refractivity contribution in [3.05, 3.63) is 33.1 Å². The van der Waals surface area contributed by atoms with Crippen LogP contribution in [0.25, 0.3) is 0 Å². The van der Waals surface area contributed by atoms with Crippen molar-refractivity contribution in [2.75, 3.05) is 13.2 Å². The number of hydrogen-bond acceptors (Lipinski definition) is 6. The molecule has 1 aromatic rings. The molecule has 270 valence electrons. The van der Waals surface area contributed by atoms with Crippen LogP contribution < -0.4 is 11.2 Å². The molecule has 2 rings (SSSR count). The maximum atomic E-state index is 13.0. The third-order valence-electron chi connectivity index (χ3n) is 9.38. The first-order valence-corrected chi connectivity index (χ1v) is 19.3. The molecule has 0 radical (unpaired) electrons. The second kappa shape index (κ2) is 26.0. The molecule has 0 amide bonds. The standard InChI is InChI=1S/C39H68N2O6/c1-6-11-15-18-22-25-32(24-21-17-13-8-3)45-31-34-36(46-33(26-20-14-9-4)27-23-19-16-12-7-2)37(44-30-10-5)38(47-34)41-29-28-35(42)40-39(41)43/h5,28-29,32-34,36-38H,6-9,11-27,30-31H2,1-4H3,(H,40,42,43). The lowest BCUT2D eigenvalue weighted by atomic mass is 10.0. The van der Waals surface area contributed by atoms with Gasteiger partial charge >= 0.3 is 5.69 Å². The zero-order valence-electron chi connectivity index (χ0n) is 30.4. The summed E-state index contributed by atoms with van der Waals surface area (Å²) in [5.74, 6) is 2.59. The Balaban J connectivity index is 2.32. The second-order valence-corrected chi connectivity index (χ2v) is 13.5. The number of nitrogens with one attached hydrogen (secondary N) is 1. The van der Waals surface area contributed by atoms with Crippen LogP contribution in [0.3, 0.4) is 0 Å². The molecule has 8 heteroatoms. The van der Waals surface area contributed by atoms with Crippen LogP contribution in [0.5, 0.6) is 0 Å². The predicted octanol–water partition coefficient (Wildman–Crippen LogP) is 8.86. The number of nitrogens with zero attached hydrogens (tertiary/aromatic N) is 1. The van der Waals surface area contributed by atoms with Gasteiger partial charge < -0.3 is 18.9 Å². The summed E-state index contributed by atoms with van der Waals surface area (Å²) < 4.78 is 27.9. The number of aromatic amines is 1. The van der Waals surface area contributed by atoms with Crippen molar-refractivity contribution < 1.29 is 18.9 Å². The quantitative estimate of drug-likeness (QED) is 0.0682. The Morgan fingerprint density at radius 1 is 0.766 bits per heavy atom. The molecule has 0 aromatic carbocycles. The number of H-pyrrole nitrogens is 1. The van der Waals surface area contributed by atoms with Crippen LogP contribution in [-0.2, 0) is 18.9 Å². The Labute approximate surface area is 286 Å². The minimum atomic E-state index is -0.802. The van der Waals surface area contributed by atoms with E-state index in [1.165, 1.54) is 87.5 Å². The van der Waals surface area contributed by atoms with E-state index in [4.69, 9.17) is 25.4 Å². The highest BCUT2D eigenvalue weighted by Crippen LogP contribution is 2.35. The largest absolute Gasteiger partial charge is 0.375 e. The Hall–Kier alpha value is -1.92. The molecular formula is C39H68N2O6. The van der Waals surface area contributed by atoms with Gasteiger partial charge in [0, 0.05) is 12.3 Å². The summed E-state index contributed by atoms with van der Waals surface area (Å²) in [6.45, 7) is 9.35. The van der Waals surface area contributed by atoms with E-state index in [0.717, 1.165) is 64.2 Å². The summed E-state index contributed by atoms with van der Waals surface area (Å²) in [4.78, 5) is 27.3. The van der Waals surface area contributed by atoms with Gasteiger partial charge in [-0.15, -0.1) is 6.42 Å². The molecular weight excluding hydrogens is 592 g/mol. The lowest BCUT2D eigenvalue weighted by Gasteiger charge is -2.30. The van der Waals surface area contributed by atoms with Gasteiger partial charge in [0.1, 0.15) is 24.9 Å². The van der Waals surface area contributed by atoms with Gasteiger partial charge in [0.15, 0.2) is 6.23 Å². The highest BCUT2D eigenvalue weighted by Gasteiger charge is 2.48. The van der Waals surface area contributed by atoms with Crippen molar-refractivity contribution in [1.29, 1.82) is 0 Å². The van der Waals surface area contributed by atoms with Crippen LogP contribution in [-0.4, -0.2) is 53.3 Å². The second-order valence-electron chi connectivity index (χ2n) is 13.5. The van der Waals surface area contributed by atoms with E-state index < -0.39 is 35.8 Å². The molecule has 0 saturated carbocycles. The first-order valence-electron chi connectivity index (χ1n) is 19.3. The zero-order chi connectivity index (χ0) is 34.1. The van der Waals surface area contributed by atoms with E-state index >= 15 is 0 Å². The van der Waals surface area contributed by atoms with E-state index in [0.29, 0.717) is 6.61 Å². The minimum absolute atomic E-state index is 0.0469. The van der Waals surface area contributed by atoms with Gasteiger partial charge in [0.05, 0.1) is 18.8 Å². The smallest absolute Gasteiger partial charge is 0.330 e. The van der Waals surface area contributed by atoms with E-state index in [-0.39, 0.29) is 18.8 Å². The van der Waals surface area contributed by atoms with Crippen LogP contribution in [0.2, 0.25) is 0 Å². The topological polar surface area (TPSA) is 91.8 Å². The normalized spacial score (nSPS) is 20.7. The number of terminal acetylenes is 1. The maximum Gasteiger partial charge on any atom is 0.330 e. The fraction of sp³-hybridized carbons (Fsp3) is 0.846. The van der Waals surface area contributed by atoms with Gasteiger partial charge in [0.25, 0.3) is 5.56 Å². The summed E-state index contributed by atoms with van der Waals surface area (Å²) >= 11 is 0. The molecule has 6 atom stereocenters. The first-order chi connectivity index (χ1) is 23.0. The summed E-state index contributed by atoms with van der Waals surface area (Å²) in [6.07, 6.45) is 29.4. The van der Waals surface area contributed by atoms with E-state index in [2.05, 4.69) is 38.6 Å². The third kappa shape index (κ3) is 16.4. The fourth-order valence-electron chi connectivity index (χ4n) is 6.60. The SMILES string of the molecule is C#CCOC1C(OC(CCCCC)CCCCCCC)C(COC(CCCCCC)CCCCCCC)OC1n1ccc(=O)[nH]c1=O. The molecule has 1 aliphatic rings. The Morgan fingerprint density at radius 3 is 1.83 bits per heavy atom. The molecule has 47 heavy (non-hydrogen) atoms. The Bertz CT molecular complexity index is 1060. The number of aromatic nitrogens is 2. The van der Waals surface area contributed by atoms with E-state index in [1.807, 2.05) is 0 Å². The summed E-state index contributed by atoms with van der Waals surface area (Å²) in [5.41, 5.74) is -1.00. The molecule has 1 N–H and O–H groups in total. The van der Waals surface area contributed by atoms with Crippen LogP contribution in [0.4, 0.5) is 0 Å². The lowest BCUT2D eigenvalue weighted by molar-refractivity contribution is -0.117. The molecule has 8 nitrogen and oxygen atoms in total. The van der Waals surface area contributed by atoms with E-state index in [9.17, 15) is 9.59 Å². The summed E-state index contributed by atoms with van der Waals surface area (Å²) in [5, 5.41) is 0. The molecule has 1 saturated heterocycles. The molecule has 0 bridgehead atoms. The predicted molar refractivity (Wildman–Crippen MR) is 192 cm³/mol. The first kappa shape index (κ1) is 41.3. The van der Waals surface area contributed by atoms with Crippen LogP contribution in [0.1, 0.15) is 169 Å². The molecule has 0 aliphatic carbocycles. The van der Waals surface area contributed by atoms with Crippen LogP contribution in [0, 0.1) is 12.3 Å². The number of rotatable bonds is 29. The third-order valence-corrected chi connectivity index (χ3v) is 9.38. The average Bonchev–Trinajstić information content (AvgIpc) is 3.39. The number of hydrogen-bond donors (Lipinski definition) is 1. The Morgan fingerprint density at radius 2 is 1.28 bits per heavy atom. The van der Waals surface area contributed by atoms with Crippen molar-refractivity contribution in [2.24, 2.45) is 0 Å². The molecule has 1 fully saturated rings. The number of unbranched alkanes of at least 4 members (excludes halogenated alkanes) is 13.